The number of nitrogens with zero attached hydrogens (tertiary/aromatic N) is 4. The molecule has 0 aliphatic rings. The van der Waals surface area contributed by atoms with Gasteiger partial charge in [-0.2, -0.15) is 0 Å². The number of nitrogens with one attached hydrogen (secondary N) is 1. The van der Waals surface area contributed by atoms with E-state index in [1.54, 1.807) is 36.7 Å². The molecule has 0 atom stereocenters. The van der Waals surface area contributed by atoms with Crippen LogP contribution in [0.25, 0.3) is 11.4 Å². The molecule has 1 amide bonds. The molecule has 0 fully saturated rings. The fourth-order valence-electron chi connectivity index (χ4n) is 2.32. The third kappa shape index (κ3) is 4.68. The molecule has 0 unspecified atom stereocenters. The lowest BCUT2D eigenvalue weighted by Crippen LogP contribution is -2.15. The molecule has 0 aliphatic heterocycles. The van der Waals surface area contributed by atoms with Crippen LogP contribution in [0.5, 0.6) is 0 Å². The molecule has 0 radical (unpaired) electrons. The van der Waals surface area contributed by atoms with Crippen molar-refractivity contribution in [2.75, 3.05) is 11.1 Å². The highest BCUT2D eigenvalue weighted by molar-refractivity contribution is 7.99. The standard InChI is InChI=1S/C18H15Cl2N5OS/c1-2-10-25-17(12-6-8-21-9-7-12)23-24-18(25)27-11-15(26)22-14-5-3-4-13(19)16(14)20/h2-9H,1,10-11H2,(H,22,26). The second kappa shape index (κ2) is 9.03. The fourth-order valence-corrected chi connectivity index (χ4v) is 3.42. The van der Waals surface area contributed by atoms with Crippen LogP contribution in [0.1, 0.15) is 0 Å². The average Bonchev–Trinajstić information content (AvgIpc) is 3.07. The smallest absolute Gasteiger partial charge is 0.234 e. The Morgan fingerprint density at radius 2 is 2.00 bits per heavy atom. The molecule has 6 nitrogen and oxygen atoms in total. The van der Waals surface area contributed by atoms with Crippen molar-refractivity contribution >= 4 is 46.6 Å². The second-order valence-electron chi connectivity index (χ2n) is 5.38. The molecular formula is C18H15Cl2N5OS. The zero-order valence-corrected chi connectivity index (χ0v) is 16.4. The van der Waals surface area contributed by atoms with Gasteiger partial charge in [-0.3, -0.25) is 14.3 Å². The molecule has 138 valence electrons. The average molecular weight is 420 g/mol. The van der Waals surface area contributed by atoms with E-state index >= 15 is 0 Å². The lowest BCUT2D eigenvalue weighted by molar-refractivity contribution is -0.113. The van der Waals surface area contributed by atoms with Gasteiger partial charge in [0.25, 0.3) is 0 Å². The first-order valence-corrected chi connectivity index (χ1v) is 9.65. The third-order valence-corrected chi connectivity index (χ3v) is 5.31. The molecule has 0 saturated heterocycles. The maximum Gasteiger partial charge on any atom is 0.234 e. The van der Waals surface area contributed by atoms with Crippen molar-refractivity contribution in [3.63, 3.8) is 0 Å². The van der Waals surface area contributed by atoms with Crippen molar-refractivity contribution in [3.8, 4) is 11.4 Å². The van der Waals surface area contributed by atoms with Gasteiger partial charge in [0.2, 0.25) is 5.91 Å². The number of amides is 1. The van der Waals surface area contributed by atoms with E-state index in [4.69, 9.17) is 23.2 Å². The van der Waals surface area contributed by atoms with Gasteiger partial charge in [0, 0.05) is 24.5 Å². The van der Waals surface area contributed by atoms with Gasteiger partial charge in [-0.05, 0) is 24.3 Å². The van der Waals surface area contributed by atoms with E-state index in [2.05, 4.69) is 27.1 Å². The minimum Gasteiger partial charge on any atom is -0.324 e. The van der Waals surface area contributed by atoms with Crippen molar-refractivity contribution in [2.45, 2.75) is 11.7 Å². The van der Waals surface area contributed by atoms with Crippen LogP contribution in [-0.2, 0) is 11.3 Å². The summed E-state index contributed by atoms with van der Waals surface area (Å²) in [4.78, 5) is 16.3. The van der Waals surface area contributed by atoms with Crippen molar-refractivity contribution < 1.29 is 4.79 Å². The highest BCUT2D eigenvalue weighted by atomic mass is 35.5. The van der Waals surface area contributed by atoms with Gasteiger partial charge in [-0.1, -0.05) is 47.1 Å². The van der Waals surface area contributed by atoms with E-state index in [0.29, 0.717) is 33.3 Å². The summed E-state index contributed by atoms with van der Waals surface area (Å²) in [5, 5.41) is 12.5. The molecule has 0 saturated carbocycles. The Kier molecular flexibility index (Phi) is 6.49. The molecule has 0 spiro atoms. The molecule has 27 heavy (non-hydrogen) atoms. The Morgan fingerprint density at radius 3 is 2.74 bits per heavy atom. The van der Waals surface area contributed by atoms with Crippen molar-refractivity contribution in [3.05, 3.63) is 65.4 Å². The summed E-state index contributed by atoms with van der Waals surface area (Å²) >= 11 is 13.3. The first kappa shape index (κ1) is 19.4. The minimum atomic E-state index is -0.220. The first-order chi connectivity index (χ1) is 13.1. The molecule has 9 heteroatoms. The summed E-state index contributed by atoms with van der Waals surface area (Å²) in [5.74, 6) is 0.620. The monoisotopic (exact) mass is 419 g/mol. The maximum absolute atomic E-state index is 12.3. The lowest BCUT2D eigenvalue weighted by atomic mass is 10.2. The Labute approximate surface area is 170 Å². The number of aromatic nitrogens is 4. The second-order valence-corrected chi connectivity index (χ2v) is 7.11. The Balaban J connectivity index is 1.72. The van der Waals surface area contributed by atoms with Crippen LogP contribution in [0.3, 0.4) is 0 Å². The van der Waals surface area contributed by atoms with Crippen LogP contribution >= 0.6 is 35.0 Å². The summed E-state index contributed by atoms with van der Waals surface area (Å²) in [5.41, 5.74) is 1.36. The number of hydrogen-bond acceptors (Lipinski definition) is 5. The summed E-state index contributed by atoms with van der Waals surface area (Å²) in [6.45, 7) is 4.30. The molecule has 3 aromatic rings. The molecule has 2 aromatic heterocycles. The Hall–Kier alpha value is -2.35. The van der Waals surface area contributed by atoms with E-state index in [1.165, 1.54) is 11.8 Å². The molecule has 2 heterocycles. The highest BCUT2D eigenvalue weighted by Crippen LogP contribution is 2.30. The van der Waals surface area contributed by atoms with Crippen molar-refractivity contribution in [1.29, 1.82) is 0 Å². The van der Waals surface area contributed by atoms with Crippen LogP contribution in [0.4, 0.5) is 5.69 Å². The van der Waals surface area contributed by atoms with Gasteiger partial charge in [-0.25, -0.2) is 0 Å². The number of thioether (sulfide) groups is 1. The summed E-state index contributed by atoms with van der Waals surface area (Å²) in [6, 6.07) is 8.78. The zero-order chi connectivity index (χ0) is 19.2. The molecular weight excluding hydrogens is 405 g/mol. The largest absolute Gasteiger partial charge is 0.324 e. The highest BCUT2D eigenvalue weighted by Gasteiger charge is 2.15. The SMILES string of the molecule is C=CCn1c(SCC(=O)Nc2cccc(Cl)c2Cl)nnc1-c1ccncc1. The Bertz CT molecular complexity index is 962. The summed E-state index contributed by atoms with van der Waals surface area (Å²) < 4.78 is 1.90. The van der Waals surface area contributed by atoms with Gasteiger partial charge < -0.3 is 5.32 Å². The van der Waals surface area contributed by atoms with E-state index in [0.717, 1.165) is 5.56 Å². The predicted octanol–water partition coefficient (Wildman–Crippen LogP) is 4.56. The fraction of sp³-hybridized carbons (Fsp3) is 0.111. The normalized spacial score (nSPS) is 10.6. The van der Waals surface area contributed by atoms with E-state index < -0.39 is 0 Å². The molecule has 0 aliphatic carbocycles. The van der Waals surface area contributed by atoms with E-state index in [9.17, 15) is 4.79 Å². The molecule has 0 bridgehead atoms. The quantitative estimate of drug-likeness (QED) is 0.448. The maximum atomic E-state index is 12.3. The van der Waals surface area contributed by atoms with Crippen LogP contribution < -0.4 is 5.32 Å². The topological polar surface area (TPSA) is 72.7 Å². The third-order valence-electron chi connectivity index (χ3n) is 3.53. The zero-order valence-electron chi connectivity index (χ0n) is 14.1. The number of benzene rings is 1. The molecule has 1 aromatic carbocycles. The van der Waals surface area contributed by atoms with Crippen molar-refractivity contribution in [1.82, 2.24) is 19.7 Å². The minimum absolute atomic E-state index is 0.147. The lowest BCUT2D eigenvalue weighted by Gasteiger charge is -2.09. The van der Waals surface area contributed by atoms with Gasteiger partial charge in [0.1, 0.15) is 0 Å². The van der Waals surface area contributed by atoms with Crippen LogP contribution in [0, 0.1) is 0 Å². The van der Waals surface area contributed by atoms with Crippen LogP contribution in [0.15, 0.2) is 60.5 Å². The summed E-state index contributed by atoms with van der Waals surface area (Å²) in [6.07, 6.45) is 5.14. The van der Waals surface area contributed by atoms with Crippen LogP contribution in [-0.4, -0.2) is 31.4 Å². The number of halogens is 2. The predicted molar refractivity (Wildman–Crippen MR) is 109 cm³/mol. The number of anilines is 1. The van der Waals surface area contributed by atoms with Gasteiger partial charge in [0.05, 0.1) is 21.5 Å². The number of carbonyl (C=O) groups excluding carboxylic acids is 1. The number of allylic oxidation sites excluding steroid dienone is 1. The van der Waals surface area contributed by atoms with Gasteiger partial charge in [0.15, 0.2) is 11.0 Å². The van der Waals surface area contributed by atoms with Gasteiger partial charge in [-0.15, -0.1) is 16.8 Å². The number of rotatable bonds is 7. The number of hydrogen-bond donors (Lipinski definition) is 1. The molecule has 1 N–H and O–H groups in total. The molecule has 3 rings (SSSR count). The van der Waals surface area contributed by atoms with Crippen molar-refractivity contribution in [2.24, 2.45) is 0 Å². The number of pyridine rings is 1. The van der Waals surface area contributed by atoms with E-state index in [-0.39, 0.29) is 11.7 Å². The summed E-state index contributed by atoms with van der Waals surface area (Å²) in [7, 11) is 0. The first-order valence-electron chi connectivity index (χ1n) is 7.91. The van der Waals surface area contributed by atoms with Gasteiger partial charge >= 0.3 is 0 Å². The van der Waals surface area contributed by atoms with E-state index in [1.807, 2.05) is 16.7 Å². The number of carbonyl (C=O) groups is 1. The van der Waals surface area contributed by atoms with Crippen LogP contribution in [0.2, 0.25) is 10.0 Å². The Morgan fingerprint density at radius 1 is 1.22 bits per heavy atom.